The molecular formula is C16H14FN3O2. The van der Waals surface area contributed by atoms with Gasteiger partial charge in [0.2, 0.25) is 5.95 Å². The standard InChI is InChI=1S/C16H14FN3O2/c1-22-15(21)10-6-7-12(17)11(8-10)9-18-16-19-13-4-2-3-5-14(13)20-16/h2-8H,9H2,1H3,(H2,18,19,20). The third-order valence-electron chi connectivity index (χ3n) is 3.30. The molecule has 0 aliphatic heterocycles. The Labute approximate surface area is 126 Å². The molecule has 2 aromatic carbocycles. The van der Waals surface area contributed by atoms with E-state index in [1.807, 2.05) is 24.3 Å². The van der Waals surface area contributed by atoms with E-state index in [0.717, 1.165) is 11.0 Å². The van der Waals surface area contributed by atoms with Gasteiger partial charge in [-0.1, -0.05) is 12.1 Å². The maximum absolute atomic E-state index is 13.8. The van der Waals surface area contributed by atoms with Crippen LogP contribution in [0.4, 0.5) is 10.3 Å². The summed E-state index contributed by atoms with van der Waals surface area (Å²) in [5.74, 6) is -0.342. The average molecular weight is 299 g/mol. The van der Waals surface area contributed by atoms with E-state index in [2.05, 4.69) is 20.0 Å². The van der Waals surface area contributed by atoms with Gasteiger partial charge in [0.15, 0.2) is 0 Å². The van der Waals surface area contributed by atoms with Crippen LogP contribution in [0.3, 0.4) is 0 Å². The molecular weight excluding hydrogens is 285 g/mol. The SMILES string of the molecule is COC(=O)c1ccc(F)c(CNc2nc3ccccc3[nH]2)c1. The smallest absolute Gasteiger partial charge is 0.337 e. The van der Waals surface area contributed by atoms with E-state index in [1.54, 1.807) is 0 Å². The van der Waals surface area contributed by atoms with E-state index in [1.165, 1.54) is 25.3 Å². The number of ether oxygens (including phenoxy) is 1. The Bertz CT molecular complexity index is 796. The zero-order valence-corrected chi connectivity index (χ0v) is 11.9. The highest BCUT2D eigenvalue weighted by Gasteiger charge is 2.10. The molecule has 0 spiro atoms. The minimum absolute atomic E-state index is 0.205. The van der Waals surface area contributed by atoms with Crippen LogP contribution in [0.2, 0.25) is 0 Å². The number of imidazole rings is 1. The van der Waals surface area contributed by atoms with Crippen molar-refractivity contribution in [2.75, 3.05) is 12.4 Å². The largest absolute Gasteiger partial charge is 0.465 e. The Morgan fingerprint density at radius 2 is 2.14 bits per heavy atom. The number of rotatable bonds is 4. The van der Waals surface area contributed by atoms with Crippen molar-refractivity contribution in [3.05, 3.63) is 59.4 Å². The Balaban J connectivity index is 1.79. The first-order valence-corrected chi connectivity index (χ1v) is 6.73. The van der Waals surface area contributed by atoms with Crippen molar-refractivity contribution < 1.29 is 13.9 Å². The van der Waals surface area contributed by atoms with Crippen LogP contribution in [-0.4, -0.2) is 23.0 Å². The van der Waals surface area contributed by atoms with Gasteiger partial charge in [-0.2, -0.15) is 0 Å². The molecule has 1 heterocycles. The molecule has 0 aliphatic carbocycles. The van der Waals surface area contributed by atoms with Crippen molar-refractivity contribution in [1.82, 2.24) is 9.97 Å². The number of nitrogens with zero attached hydrogens (tertiary/aromatic N) is 1. The predicted octanol–water partition coefficient (Wildman–Crippen LogP) is 3.10. The van der Waals surface area contributed by atoms with Gasteiger partial charge in [0.25, 0.3) is 0 Å². The summed E-state index contributed by atoms with van der Waals surface area (Å²) >= 11 is 0. The molecule has 1 aromatic heterocycles. The molecule has 2 N–H and O–H groups in total. The molecule has 0 saturated heterocycles. The molecule has 0 fully saturated rings. The van der Waals surface area contributed by atoms with Gasteiger partial charge in [-0.15, -0.1) is 0 Å². The van der Waals surface area contributed by atoms with Crippen molar-refractivity contribution in [3.63, 3.8) is 0 Å². The summed E-state index contributed by atoms with van der Waals surface area (Å²) in [6.07, 6.45) is 0. The number of esters is 1. The molecule has 0 aliphatic rings. The van der Waals surface area contributed by atoms with Crippen molar-refractivity contribution in [2.24, 2.45) is 0 Å². The van der Waals surface area contributed by atoms with Crippen molar-refractivity contribution in [2.45, 2.75) is 6.54 Å². The van der Waals surface area contributed by atoms with E-state index >= 15 is 0 Å². The topological polar surface area (TPSA) is 67.0 Å². The predicted molar refractivity (Wildman–Crippen MR) is 81.2 cm³/mol. The molecule has 3 aromatic rings. The molecule has 0 radical (unpaired) electrons. The highest BCUT2D eigenvalue weighted by Crippen LogP contribution is 2.16. The van der Waals surface area contributed by atoms with Gasteiger partial charge in [-0.05, 0) is 30.3 Å². The Kier molecular flexibility index (Phi) is 3.74. The van der Waals surface area contributed by atoms with Crippen LogP contribution in [0.1, 0.15) is 15.9 Å². The van der Waals surface area contributed by atoms with Crippen LogP contribution in [0.25, 0.3) is 11.0 Å². The van der Waals surface area contributed by atoms with Gasteiger partial charge in [0, 0.05) is 12.1 Å². The number of H-pyrrole nitrogens is 1. The number of methoxy groups -OCH3 is 1. The summed E-state index contributed by atoms with van der Waals surface area (Å²) < 4.78 is 18.5. The number of nitrogens with one attached hydrogen (secondary N) is 2. The van der Waals surface area contributed by atoms with Crippen molar-refractivity contribution >= 4 is 23.0 Å². The molecule has 6 heteroatoms. The number of hydrogen-bond donors (Lipinski definition) is 2. The van der Waals surface area contributed by atoms with Crippen LogP contribution in [0.15, 0.2) is 42.5 Å². The van der Waals surface area contributed by atoms with E-state index < -0.39 is 11.8 Å². The normalized spacial score (nSPS) is 10.6. The number of halogens is 1. The second-order valence-electron chi connectivity index (χ2n) is 4.75. The number of aromatic nitrogens is 2. The number of aromatic amines is 1. The molecule has 3 rings (SSSR count). The van der Waals surface area contributed by atoms with E-state index in [4.69, 9.17) is 0 Å². The number of hydrogen-bond acceptors (Lipinski definition) is 4. The van der Waals surface area contributed by atoms with E-state index in [-0.39, 0.29) is 6.54 Å². The molecule has 0 saturated carbocycles. The molecule has 0 amide bonds. The maximum atomic E-state index is 13.8. The van der Waals surface area contributed by atoms with Gasteiger partial charge in [-0.3, -0.25) is 0 Å². The lowest BCUT2D eigenvalue weighted by molar-refractivity contribution is 0.0600. The summed E-state index contributed by atoms with van der Waals surface area (Å²) in [4.78, 5) is 18.9. The number of carbonyl (C=O) groups is 1. The number of benzene rings is 2. The van der Waals surface area contributed by atoms with Gasteiger partial charge < -0.3 is 15.0 Å². The first-order chi connectivity index (χ1) is 10.7. The lowest BCUT2D eigenvalue weighted by atomic mass is 10.1. The van der Waals surface area contributed by atoms with Crippen molar-refractivity contribution in [3.8, 4) is 0 Å². The van der Waals surface area contributed by atoms with Crippen molar-refractivity contribution in [1.29, 1.82) is 0 Å². The minimum atomic E-state index is -0.495. The minimum Gasteiger partial charge on any atom is -0.465 e. The lowest BCUT2D eigenvalue weighted by Gasteiger charge is -2.06. The summed E-state index contributed by atoms with van der Waals surface area (Å²) in [6.45, 7) is 0.205. The molecule has 0 bridgehead atoms. The summed E-state index contributed by atoms with van der Waals surface area (Å²) in [5, 5.41) is 3.02. The molecule has 0 atom stereocenters. The first kappa shape index (κ1) is 14.1. The van der Waals surface area contributed by atoms with Crippen LogP contribution in [0.5, 0.6) is 0 Å². The zero-order valence-electron chi connectivity index (χ0n) is 11.9. The quantitative estimate of drug-likeness (QED) is 0.726. The fourth-order valence-electron chi connectivity index (χ4n) is 2.17. The Morgan fingerprint density at radius 3 is 2.91 bits per heavy atom. The highest BCUT2D eigenvalue weighted by molar-refractivity contribution is 5.89. The zero-order chi connectivity index (χ0) is 15.5. The fraction of sp³-hybridized carbons (Fsp3) is 0.125. The number of anilines is 1. The van der Waals surface area contributed by atoms with Crippen LogP contribution in [-0.2, 0) is 11.3 Å². The number of para-hydroxylation sites is 2. The summed E-state index contributed by atoms with van der Waals surface area (Å²) in [5.41, 5.74) is 2.40. The van der Waals surface area contributed by atoms with Crippen LogP contribution >= 0.6 is 0 Å². The fourth-order valence-corrected chi connectivity index (χ4v) is 2.17. The lowest BCUT2D eigenvalue weighted by Crippen LogP contribution is -2.07. The van der Waals surface area contributed by atoms with E-state index in [9.17, 15) is 9.18 Å². The van der Waals surface area contributed by atoms with Gasteiger partial charge >= 0.3 is 5.97 Å². The molecule has 5 nitrogen and oxygen atoms in total. The second kappa shape index (κ2) is 5.85. The Morgan fingerprint density at radius 1 is 1.32 bits per heavy atom. The number of fused-ring (bicyclic) bond motifs is 1. The first-order valence-electron chi connectivity index (χ1n) is 6.73. The van der Waals surface area contributed by atoms with Crippen LogP contribution in [0, 0.1) is 5.82 Å². The van der Waals surface area contributed by atoms with E-state index in [0.29, 0.717) is 17.1 Å². The third-order valence-corrected chi connectivity index (χ3v) is 3.30. The van der Waals surface area contributed by atoms with Gasteiger partial charge in [0.1, 0.15) is 5.82 Å². The van der Waals surface area contributed by atoms with Gasteiger partial charge in [0.05, 0.1) is 23.7 Å². The average Bonchev–Trinajstić information content (AvgIpc) is 2.96. The maximum Gasteiger partial charge on any atom is 0.337 e. The van der Waals surface area contributed by atoms with Crippen LogP contribution < -0.4 is 5.32 Å². The second-order valence-corrected chi connectivity index (χ2v) is 4.75. The number of carbonyl (C=O) groups excluding carboxylic acids is 1. The molecule has 0 unspecified atom stereocenters. The Hall–Kier alpha value is -2.89. The third kappa shape index (κ3) is 2.76. The summed E-state index contributed by atoms with van der Waals surface area (Å²) in [6, 6.07) is 11.7. The molecule has 112 valence electrons. The monoisotopic (exact) mass is 299 g/mol. The highest BCUT2D eigenvalue weighted by atomic mass is 19.1. The summed E-state index contributed by atoms with van der Waals surface area (Å²) in [7, 11) is 1.29. The molecule has 22 heavy (non-hydrogen) atoms. The van der Waals surface area contributed by atoms with Gasteiger partial charge in [-0.25, -0.2) is 14.2 Å².